The molecule has 0 aliphatic rings. The second kappa shape index (κ2) is 6.26. The van der Waals surface area contributed by atoms with Crippen LogP contribution in [-0.2, 0) is 4.74 Å². The molecular weight excluding hydrogens is 244 g/mol. The molecule has 1 heterocycles. The molecule has 0 saturated carbocycles. The van der Waals surface area contributed by atoms with E-state index in [4.69, 9.17) is 10.5 Å². The average Bonchev–Trinajstić information content (AvgIpc) is 2.27. The zero-order valence-corrected chi connectivity index (χ0v) is 11.9. The van der Waals surface area contributed by atoms with Crippen LogP contribution in [0.2, 0.25) is 0 Å². The number of rotatable bonds is 4. The Balaban J connectivity index is 2.27. The van der Waals surface area contributed by atoms with Gasteiger partial charge in [-0.15, -0.1) is 0 Å². The summed E-state index contributed by atoms with van der Waals surface area (Å²) >= 11 is 0. The fourth-order valence-corrected chi connectivity index (χ4v) is 1.31. The van der Waals surface area contributed by atoms with E-state index >= 15 is 0 Å². The molecule has 1 rings (SSSR count). The van der Waals surface area contributed by atoms with Gasteiger partial charge in [-0.05, 0) is 33.3 Å². The summed E-state index contributed by atoms with van der Waals surface area (Å²) in [6.07, 6.45) is 1.28. The molecule has 6 nitrogen and oxygen atoms in total. The van der Waals surface area contributed by atoms with Crippen molar-refractivity contribution in [2.45, 2.75) is 33.3 Å². The minimum absolute atomic E-state index is 0.425. The number of anilines is 2. The van der Waals surface area contributed by atoms with E-state index in [1.807, 2.05) is 27.7 Å². The summed E-state index contributed by atoms with van der Waals surface area (Å²) in [6.45, 7) is 8.37. The topological polar surface area (TPSA) is 89.3 Å². The Bertz CT molecular complexity index is 441. The Labute approximate surface area is 113 Å². The van der Waals surface area contributed by atoms with E-state index in [9.17, 15) is 4.79 Å². The molecule has 6 heteroatoms. The van der Waals surface area contributed by atoms with Crippen molar-refractivity contribution in [2.75, 3.05) is 24.1 Å². The van der Waals surface area contributed by atoms with Crippen LogP contribution in [0, 0.1) is 6.92 Å². The molecule has 0 radical (unpaired) electrons. The Kier molecular flexibility index (Phi) is 4.97. The monoisotopic (exact) mass is 266 g/mol. The third kappa shape index (κ3) is 5.94. The fourth-order valence-electron chi connectivity index (χ4n) is 1.31. The zero-order chi connectivity index (χ0) is 14.5. The number of pyridine rings is 1. The number of nitrogens with one attached hydrogen (secondary N) is 2. The van der Waals surface area contributed by atoms with E-state index in [1.165, 1.54) is 0 Å². The lowest BCUT2D eigenvalue weighted by Gasteiger charge is -2.19. The van der Waals surface area contributed by atoms with Crippen LogP contribution < -0.4 is 16.4 Å². The fraction of sp³-hybridized carbons (Fsp3) is 0.538. The zero-order valence-electron chi connectivity index (χ0n) is 11.9. The van der Waals surface area contributed by atoms with Crippen LogP contribution in [-0.4, -0.2) is 29.8 Å². The Morgan fingerprint density at radius 3 is 2.68 bits per heavy atom. The normalized spacial score (nSPS) is 10.9. The van der Waals surface area contributed by atoms with Gasteiger partial charge in [0.2, 0.25) is 0 Å². The molecular formula is C13H22N4O2. The molecule has 1 amide bonds. The molecule has 1 aromatic heterocycles. The van der Waals surface area contributed by atoms with Gasteiger partial charge in [0.1, 0.15) is 11.4 Å². The predicted molar refractivity (Wildman–Crippen MR) is 76.1 cm³/mol. The number of nitrogen functional groups attached to an aromatic ring is 1. The second-order valence-corrected chi connectivity index (χ2v) is 5.28. The maximum atomic E-state index is 11.4. The summed E-state index contributed by atoms with van der Waals surface area (Å²) in [6, 6.07) is 1.77. The number of aromatic nitrogens is 1. The molecule has 1 aromatic rings. The molecule has 106 valence electrons. The Morgan fingerprint density at radius 2 is 2.11 bits per heavy atom. The number of carbonyl (C=O) groups is 1. The number of aryl methyl sites for hydroxylation is 1. The van der Waals surface area contributed by atoms with Crippen LogP contribution in [0.3, 0.4) is 0 Å². The first-order valence-electron chi connectivity index (χ1n) is 6.21. The largest absolute Gasteiger partial charge is 0.444 e. The van der Waals surface area contributed by atoms with Gasteiger partial charge in [0.05, 0.1) is 0 Å². The Morgan fingerprint density at radius 1 is 1.42 bits per heavy atom. The molecule has 0 bridgehead atoms. The van der Waals surface area contributed by atoms with Gasteiger partial charge in [0, 0.05) is 31.0 Å². The van der Waals surface area contributed by atoms with Gasteiger partial charge in [-0.2, -0.15) is 0 Å². The molecule has 0 atom stereocenters. The van der Waals surface area contributed by atoms with E-state index < -0.39 is 11.7 Å². The molecule has 0 saturated heterocycles. The Hall–Kier alpha value is -1.98. The van der Waals surface area contributed by atoms with Crippen LogP contribution in [0.1, 0.15) is 26.3 Å². The molecule has 0 aliphatic carbocycles. The smallest absolute Gasteiger partial charge is 0.407 e. The van der Waals surface area contributed by atoms with Crippen molar-refractivity contribution in [3.63, 3.8) is 0 Å². The summed E-state index contributed by atoms with van der Waals surface area (Å²) in [7, 11) is 0. The molecule has 0 spiro atoms. The van der Waals surface area contributed by atoms with Gasteiger partial charge >= 0.3 is 6.09 Å². The molecule has 4 N–H and O–H groups in total. The van der Waals surface area contributed by atoms with E-state index in [0.717, 1.165) is 5.56 Å². The van der Waals surface area contributed by atoms with Crippen molar-refractivity contribution in [2.24, 2.45) is 0 Å². The van der Waals surface area contributed by atoms with Crippen molar-refractivity contribution < 1.29 is 9.53 Å². The van der Waals surface area contributed by atoms with E-state index in [1.54, 1.807) is 12.3 Å². The number of hydrogen-bond donors (Lipinski definition) is 3. The standard InChI is InChI=1S/C13H22N4O2/c1-9-8-17-11(7-10(9)14)15-5-6-16-12(18)19-13(2,3)4/h7-8H,5-6H2,1-4H3,(H,16,18)(H3,14,15,17). The first-order chi connectivity index (χ1) is 8.78. The highest BCUT2D eigenvalue weighted by molar-refractivity contribution is 5.67. The predicted octanol–water partition coefficient (Wildman–Crippen LogP) is 1.91. The second-order valence-electron chi connectivity index (χ2n) is 5.28. The first kappa shape index (κ1) is 15.1. The van der Waals surface area contributed by atoms with E-state index in [-0.39, 0.29) is 0 Å². The SMILES string of the molecule is Cc1cnc(NCCNC(=O)OC(C)(C)C)cc1N. The third-order valence-electron chi connectivity index (χ3n) is 2.24. The third-order valence-corrected chi connectivity index (χ3v) is 2.24. The van der Waals surface area contributed by atoms with Gasteiger partial charge in [-0.1, -0.05) is 0 Å². The number of alkyl carbamates (subject to hydrolysis) is 1. The number of amides is 1. The summed E-state index contributed by atoms with van der Waals surface area (Å²) in [5.74, 6) is 0.689. The van der Waals surface area contributed by atoms with Crippen molar-refractivity contribution in [1.82, 2.24) is 10.3 Å². The molecule has 0 fully saturated rings. The summed E-state index contributed by atoms with van der Waals surface area (Å²) < 4.78 is 5.11. The minimum Gasteiger partial charge on any atom is -0.444 e. The van der Waals surface area contributed by atoms with Gasteiger partial charge in [-0.25, -0.2) is 9.78 Å². The van der Waals surface area contributed by atoms with Crippen molar-refractivity contribution in [3.8, 4) is 0 Å². The maximum absolute atomic E-state index is 11.4. The number of nitrogens with two attached hydrogens (primary N) is 1. The molecule has 0 unspecified atom stereocenters. The number of carbonyl (C=O) groups excluding carboxylic acids is 1. The first-order valence-corrected chi connectivity index (χ1v) is 6.21. The lowest BCUT2D eigenvalue weighted by Crippen LogP contribution is -2.35. The number of ether oxygens (including phenoxy) is 1. The summed E-state index contributed by atoms with van der Waals surface area (Å²) in [4.78, 5) is 15.6. The number of hydrogen-bond acceptors (Lipinski definition) is 5. The van der Waals surface area contributed by atoms with Crippen LogP contribution in [0.5, 0.6) is 0 Å². The van der Waals surface area contributed by atoms with Crippen molar-refractivity contribution in [3.05, 3.63) is 17.8 Å². The van der Waals surface area contributed by atoms with Crippen molar-refractivity contribution in [1.29, 1.82) is 0 Å². The van der Waals surface area contributed by atoms with Crippen LogP contribution in [0.4, 0.5) is 16.3 Å². The van der Waals surface area contributed by atoms with Crippen molar-refractivity contribution >= 4 is 17.6 Å². The van der Waals surface area contributed by atoms with Gasteiger partial charge in [0.25, 0.3) is 0 Å². The van der Waals surface area contributed by atoms with E-state index in [0.29, 0.717) is 24.6 Å². The van der Waals surface area contributed by atoms with Gasteiger partial charge < -0.3 is 21.1 Å². The van der Waals surface area contributed by atoms with Gasteiger partial charge in [-0.3, -0.25) is 0 Å². The van der Waals surface area contributed by atoms with Crippen LogP contribution >= 0.6 is 0 Å². The highest BCUT2D eigenvalue weighted by Crippen LogP contribution is 2.12. The quantitative estimate of drug-likeness (QED) is 0.724. The average molecular weight is 266 g/mol. The highest BCUT2D eigenvalue weighted by atomic mass is 16.6. The van der Waals surface area contributed by atoms with E-state index in [2.05, 4.69) is 15.6 Å². The maximum Gasteiger partial charge on any atom is 0.407 e. The summed E-state index contributed by atoms with van der Waals surface area (Å²) in [5.41, 5.74) is 6.93. The number of nitrogens with zero attached hydrogens (tertiary/aromatic N) is 1. The van der Waals surface area contributed by atoms with Crippen LogP contribution in [0.25, 0.3) is 0 Å². The lowest BCUT2D eigenvalue weighted by molar-refractivity contribution is 0.0530. The summed E-state index contributed by atoms with van der Waals surface area (Å²) in [5, 5.41) is 5.72. The van der Waals surface area contributed by atoms with Crippen LogP contribution in [0.15, 0.2) is 12.3 Å². The molecule has 19 heavy (non-hydrogen) atoms. The molecule has 0 aromatic carbocycles. The van der Waals surface area contributed by atoms with Gasteiger partial charge in [0.15, 0.2) is 0 Å². The minimum atomic E-state index is -0.482. The lowest BCUT2D eigenvalue weighted by atomic mass is 10.2. The molecule has 0 aliphatic heterocycles. The highest BCUT2D eigenvalue weighted by Gasteiger charge is 2.15.